The summed E-state index contributed by atoms with van der Waals surface area (Å²) in [6.45, 7) is 5.95. The molecule has 2 N–H and O–H groups in total. The minimum absolute atomic E-state index is 0.0733. The van der Waals surface area contributed by atoms with Gasteiger partial charge in [0.25, 0.3) is 5.69 Å². The highest BCUT2D eigenvalue weighted by molar-refractivity contribution is 5.38. The average Bonchev–Trinajstić information content (AvgIpc) is 2.19. The van der Waals surface area contributed by atoms with Gasteiger partial charge in [0.05, 0.1) is 4.92 Å². The number of nitro groups is 1. The van der Waals surface area contributed by atoms with Gasteiger partial charge < -0.3 is 5.73 Å². The number of aromatic nitrogens is 1. The van der Waals surface area contributed by atoms with Gasteiger partial charge in [-0.2, -0.15) is 0 Å². The SMILES string of the molecule is Cc1cnc(CC(N)CC(C)C)c([N+](=O)[O-])c1. The van der Waals surface area contributed by atoms with Crippen molar-refractivity contribution in [2.24, 2.45) is 11.7 Å². The van der Waals surface area contributed by atoms with Crippen LogP contribution in [0.25, 0.3) is 0 Å². The summed E-state index contributed by atoms with van der Waals surface area (Å²) in [6.07, 6.45) is 2.94. The topological polar surface area (TPSA) is 82.0 Å². The fourth-order valence-corrected chi connectivity index (χ4v) is 1.83. The van der Waals surface area contributed by atoms with E-state index in [0.29, 0.717) is 18.0 Å². The molecular weight excluding hydrogens is 218 g/mol. The summed E-state index contributed by atoms with van der Waals surface area (Å²) < 4.78 is 0. The van der Waals surface area contributed by atoms with E-state index in [-0.39, 0.29) is 11.7 Å². The van der Waals surface area contributed by atoms with Crippen molar-refractivity contribution < 1.29 is 4.92 Å². The molecular formula is C12H19N3O2. The Balaban J connectivity index is 2.86. The molecule has 1 atom stereocenters. The molecule has 1 unspecified atom stereocenters. The third-order valence-corrected chi connectivity index (χ3v) is 2.51. The lowest BCUT2D eigenvalue weighted by Crippen LogP contribution is -2.25. The molecule has 17 heavy (non-hydrogen) atoms. The summed E-state index contributed by atoms with van der Waals surface area (Å²) >= 11 is 0. The molecule has 0 amide bonds. The summed E-state index contributed by atoms with van der Waals surface area (Å²) in [4.78, 5) is 14.6. The number of aryl methyl sites for hydroxylation is 1. The van der Waals surface area contributed by atoms with Crippen LogP contribution < -0.4 is 5.73 Å². The Bertz CT molecular complexity index is 405. The lowest BCUT2D eigenvalue weighted by Gasteiger charge is -2.13. The van der Waals surface area contributed by atoms with Gasteiger partial charge in [-0.15, -0.1) is 0 Å². The third kappa shape index (κ3) is 4.11. The van der Waals surface area contributed by atoms with Crippen molar-refractivity contribution in [2.45, 2.75) is 39.7 Å². The molecule has 0 saturated heterocycles. The van der Waals surface area contributed by atoms with Gasteiger partial charge in [-0.1, -0.05) is 13.8 Å². The number of hydrogen-bond donors (Lipinski definition) is 1. The Morgan fingerprint density at radius 2 is 2.18 bits per heavy atom. The second kappa shape index (κ2) is 5.72. The number of nitrogens with two attached hydrogens (primary N) is 1. The first kappa shape index (κ1) is 13.6. The van der Waals surface area contributed by atoms with Crippen LogP contribution in [0.4, 0.5) is 5.69 Å². The van der Waals surface area contributed by atoms with Crippen molar-refractivity contribution in [3.63, 3.8) is 0 Å². The van der Waals surface area contributed by atoms with E-state index in [0.717, 1.165) is 12.0 Å². The maximum absolute atomic E-state index is 10.9. The molecule has 1 aromatic heterocycles. The quantitative estimate of drug-likeness (QED) is 0.628. The van der Waals surface area contributed by atoms with Crippen molar-refractivity contribution >= 4 is 5.69 Å². The Kier molecular flexibility index (Phi) is 4.57. The van der Waals surface area contributed by atoms with E-state index in [1.54, 1.807) is 19.2 Å². The molecule has 0 aromatic carbocycles. The standard InChI is InChI=1S/C12H19N3O2/c1-8(2)4-10(13)6-11-12(15(16)17)5-9(3)7-14-11/h5,7-8,10H,4,6,13H2,1-3H3. The molecule has 0 radical (unpaired) electrons. The van der Waals surface area contributed by atoms with E-state index < -0.39 is 4.92 Å². The highest BCUT2D eigenvalue weighted by atomic mass is 16.6. The highest BCUT2D eigenvalue weighted by Crippen LogP contribution is 2.20. The maximum Gasteiger partial charge on any atom is 0.291 e. The number of rotatable bonds is 5. The fraction of sp³-hybridized carbons (Fsp3) is 0.583. The Hall–Kier alpha value is -1.49. The maximum atomic E-state index is 10.9. The number of pyridine rings is 1. The van der Waals surface area contributed by atoms with Gasteiger partial charge in [-0.25, -0.2) is 0 Å². The van der Waals surface area contributed by atoms with Gasteiger partial charge in [0.2, 0.25) is 0 Å². The van der Waals surface area contributed by atoms with Crippen LogP contribution in [-0.4, -0.2) is 15.9 Å². The molecule has 0 fully saturated rings. The second-order valence-corrected chi connectivity index (χ2v) is 4.83. The van der Waals surface area contributed by atoms with Gasteiger partial charge in [0.1, 0.15) is 5.69 Å². The first-order chi connectivity index (χ1) is 7.90. The molecule has 94 valence electrons. The zero-order valence-electron chi connectivity index (χ0n) is 10.5. The van der Waals surface area contributed by atoms with E-state index in [1.807, 2.05) is 0 Å². The lowest BCUT2D eigenvalue weighted by molar-refractivity contribution is -0.386. The van der Waals surface area contributed by atoms with Gasteiger partial charge in [0, 0.05) is 24.7 Å². The summed E-state index contributed by atoms with van der Waals surface area (Å²) in [6, 6.07) is 1.47. The van der Waals surface area contributed by atoms with Gasteiger partial charge in [0.15, 0.2) is 0 Å². The van der Waals surface area contributed by atoms with Crippen LogP contribution in [0.1, 0.15) is 31.5 Å². The first-order valence-corrected chi connectivity index (χ1v) is 5.75. The summed E-state index contributed by atoms with van der Waals surface area (Å²) in [5.41, 5.74) is 7.29. The zero-order chi connectivity index (χ0) is 13.0. The Labute approximate surface area is 101 Å². The predicted molar refractivity (Wildman–Crippen MR) is 66.8 cm³/mol. The van der Waals surface area contributed by atoms with E-state index in [2.05, 4.69) is 18.8 Å². The molecule has 0 aliphatic carbocycles. The summed E-state index contributed by atoms with van der Waals surface area (Å²) in [7, 11) is 0. The number of nitrogens with zero attached hydrogens (tertiary/aromatic N) is 2. The van der Waals surface area contributed by atoms with Crippen LogP contribution in [0.15, 0.2) is 12.3 Å². The van der Waals surface area contributed by atoms with Crippen LogP contribution in [0.2, 0.25) is 0 Å². The van der Waals surface area contributed by atoms with Crippen molar-refractivity contribution in [1.29, 1.82) is 0 Å². The van der Waals surface area contributed by atoms with Crippen LogP contribution in [-0.2, 0) is 6.42 Å². The predicted octanol–water partition coefficient (Wildman–Crippen LogP) is 2.21. The molecule has 0 aliphatic heterocycles. The average molecular weight is 237 g/mol. The molecule has 5 heteroatoms. The fourth-order valence-electron chi connectivity index (χ4n) is 1.83. The minimum Gasteiger partial charge on any atom is -0.327 e. The van der Waals surface area contributed by atoms with Crippen molar-refractivity contribution in [3.8, 4) is 0 Å². The lowest BCUT2D eigenvalue weighted by atomic mass is 9.99. The van der Waals surface area contributed by atoms with E-state index in [9.17, 15) is 10.1 Å². The second-order valence-electron chi connectivity index (χ2n) is 4.83. The van der Waals surface area contributed by atoms with Gasteiger partial charge in [-0.3, -0.25) is 15.1 Å². The third-order valence-electron chi connectivity index (χ3n) is 2.51. The Morgan fingerprint density at radius 1 is 1.53 bits per heavy atom. The van der Waals surface area contributed by atoms with Gasteiger partial charge in [-0.05, 0) is 24.8 Å². The monoisotopic (exact) mass is 237 g/mol. The zero-order valence-corrected chi connectivity index (χ0v) is 10.5. The molecule has 5 nitrogen and oxygen atoms in total. The molecule has 0 spiro atoms. The normalized spacial score (nSPS) is 12.8. The largest absolute Gasteiger partial charge is 0.327 e. The Morgan fingerprint density at radius 3 is 2.71 bits per heavy atom. The molecule has 1 heterocycles. The smallest absolute Gasteiger partial charge is 0.291 e. The van der Waals surface area contributed by atoms with Crippen LogP contribution in [0, 0.1) is 23.0 Å². The van der Waals surface area contributed by atoms with Crippen LogP contribution in [0.3, 0.4) is 0 Å². The van der Waals surface area contributed by atoms with E-state index >= 15 is 0 Å². The van der Waals surface area contributed by atoms with Crippen molar-refractivity contribution in [1.82, 2.24) is 4.98 Å². The highest BCUT2D eigenvalue weighted by Gasteiger charge is 2.18. The first-order valence-electron chi connectivity index (χ1n) is 5.75. The minimum atomic E-state index is -0.391. The summed E-state index contributed by atoms with van der Waals surface area (Å²) in [5.74, 6) is 0.481. The molecule has 1 aromatic rings. The van der Waals surface area contributed by atoms with Crippen molar-refractivity contribution in [2.75, 3.05) is 0 Å². The molecule has 0 aliphatic rings. The molecule has 0 bridgehead atoms. The molecule has 0 saturated carbocycles. The van der Waals surface area contributed by atoms with Crippen LogP contribution in [0.5, 0.6) is 0 Å². The van der Waals surface area contributed by atoms with Gasteiger partial charge >= 0.3 is 0 Å². The number of hydrogen-bond acceptors (Lipinski definition) is 4. The van der Waals surface area contributed by atoms with E-state index in [4.69, 9.17) is 5.73 Å². The van der Waals surface area contributed by atoms with Crippen molar-refractivity contribution in [3.05, 3.63) is 33.6 Å². The van der Waals surface area contributed by atoms with E-state index in [1.165, 1.54) is 0 Å². The summed E-state index contributed by atoms with van der Waals surface area (Å²) in [5, 5.41) is 10.9. The van der Waals surface area contributed by atoms with Crippen LogP contribution >= 0.6 is 0 Å². The molecule has 1 rings (SSSR count).